The summed E-state index contributed by atoms with van der Waals surface area (Å²) in [5.74, 6) is 2.65. The summed E-state index contributed by atoms with van der Waals surface area (Å²) in [6, 6.07) is 8.41. The van der Waals surface area contributed by atoms with Crippen molar-refractivity contribution in [3.05, 3.63) is 35.4 Å². The molecule has 0 heterocycles. The van der Waals surface area contributed by atoms with E-state index in [9.17, 15) is 0 Å². The highest BCUT2D eigenvalue weighted by molar-refractivity contribution is 5.34. The van der Waals surface area contributed by atoms with Crippen molar-refractivity contribution < 1.29 is 0 Å². The lowest BCUT2D eigenvalue weighted by Gasteiger charge is -2.03. The number of unbranched alkanes of at least 4 members (excludes halogenated alkanes) is 7. The van der Waals surface area contributed by atoms with E-state index in [1.807, 2.05) is 12.1 Å². The zero-order valence-corrected chi connectivity index (χ0v) is 11.8. The van der Waals surface area contributed by atoms with Gasteiger partial charge in [-0.15, -0.1) is 6.42 Å². The first-order valence-electron chi connectivity index (χ1n) is 7.42. The number of hydrogen-bond donors (Lipinski definition) is 0. The highest BCUT2D eigenvalue weighted by Crippen LogP contribution is 2.11. The van der Waals surface area contributed by atoms with Crippen molar-refractivity contribution in [2.45, 2.75) is 64.7 Å². The zero-order chi connectivity index (χ0) is 13.1. The van der Waals surface area contributed by atoms with E-state index in [-0.39, 0.29) is 0 Å². The van der Waals surface area contributed by atoms with Crippen LogP contribution in [0.25, 0.3) is 0 Å². The third kappa shape index (κ3) is 6.50. The molecular weight excluding hydrogens is 216 g/mol. The molecule has 0 bridgehead atoms. The van der Waals surface area contributed by atoms with Gasteiger partial charge in [-0.1, -0.05) is 69.9 Å². The lowest BCUT2D eigenvalue weighted by Crippen LogP contribution is -1.87. The predicted octanol–water partition coefficient (Wildman–Crippen LogP) is 5.35. The molecule has 0 aromatic heterocycles. The maximum absolute atomic E-state index is 5.34. The SMILES string of the molecule is C#Cc1ccc(CCCCCCCCCC)cc1. The minimum Gasteiger partial charge on any atom is -0.115 e. The lowest BCUT2D eigenvalue weighted by molar-refractivity contribution is 0.575. The molecule has 98 valence electrons. The number of rotatable bonds is 9. The summed E-state index contributed by atoms with van der Waals surface area (Å²) >= 11 is 0. The Morgan fingerprint density at radius 3 is 1.94 bits per heavy atom. The van der Waals surface area contributed by atoms with E-state index in [1.165, 1.54) is 63.4 Å². The number of terminal acetylenes is 1. The molecule has 0 N–H and O–H groups in total. The van der Waals surface area contributed by atoms with E-state index in [4.69, 9.17) is 6.42 Å². The van der Waals surface area contributed by atoms with Gasteiger partial charge in [0.25, 0.3) is 0 Å². The van der Waals surface area contributed by atoms with Crippen molar-refractivity contribution >= 4 is 0 Å². The monoisotopic (exact) mass is 242 g/mol. The molecule has 0 aliphatic carbocycles. The summed E-state index contributed by atoms with van der Waals surface area (Å²) in [7, 11) is 0. The van der Waals surface area contributed by atoms with Gasteiger partial charge in [-0.25, -0.2) is 0 Å². The third-order valence-corrected chi connectivity index (χ3v) is 3.44. The molecule has 0 nitrogen and oxygen atoms in total. The van der Waals surface area contributed by atoms with Crippen molar-refractivity contribution in [2.24, 2.45) is 0 Å². The second-order valence-electron chi connectivity index (χ2n) is 5.07. The summed E-state index contributed by atoms with van der Waals surface area (Å²) in [4.78, 5) is 0. The quantitative estimate of drug-likeness (QED) is 0.404. The first-order valence-corrected chi connectivity index (χ1v) is 7.42. The van der Waals surface area contributed by atoms with Crippen molar-refractivity contribution in [1.29, 1.82) is 0 Å². The van der Waals surface area contributed by atoms with E-state index in [2.05, 4.69) is 25.0 Å². The molecule has 0 spiro atoms. The van der Waals surface area contributed by atoms with Gasteiger partial charge < -0.3 is 0 Å². The Labute approximate surface area is 113 Å². The molecular formula is C18H26. The van der Waals surface area contributed by atoms with Crippen LogP contribution in [0.1, 0.15) is 69.4 Å². The third-order valence-electron chi connectivity index (χ3n) is 3.44. The fourth-order valence-electron chi connectivity index (χ4n) is 2.23. The maximum atomic E-state index is 5.34. The van der Waals surface area contributed by atoms with Gasteiger partial charge in [0.05, 0.1) is 0 Å². The molecule has 0 heteroatoms. The topological polar surface area (TPSA) is 0 Å². The maximum Gasteiger partial charge on any atom is 0.0242 e. The second kappa shape index (κ2) is 9.77. The predicted molar refractivity (Wildman–Crippen MR) is 80.7 cm³/mol. The van der Waals surface area contributed by atoms with Crippen LogP contribution in [-0.2, 0) is 6.42 Å². The van der Waals surface area contributed by atoms with Crippen LogP contribution in [0.4, 0.5) is 0 Å². The molecule has 0 saturated carbocycles. The molecule has 0 aliphatic rings. The van der Waals surface area contributed by atoms with Gasteiger partial charge in [0.2, 0.25) is 0 Å². The van der Waals surface area contributed by atoms with Crippen LogP contribution in [0.15, 0.2) is 24.3 Å². The summed E-state index contributed by atoms with van der Waals surface area (Å²) in [6.45, 7) is 2.27. The number of benzene rings is 1. The Kier molecular flexibility index (Phi) is 8.06. The van der Waals surface area contributed by atoms with E-state index < -0.39 is 0 Å². The van der Waals surface area contributed by atoms with Crippen LogP contribution in [0, 0.1) is 12.3 Å². The molecule has 0 aliphatic heterocycles. The van der Waals surface area contributed by atoms with Gasteiger partial charge >= 0.3 is 0 Å². The Bertz CT molecular complexity index is 339. The Morgan fingerprint density at radius 2 is 1.39 bits per heavy atom. The normalized spacial score (nSPS) is 10.2. The van der Waals surface area contributed by atoms with Crippen molar-refractivity contribution in [1.82, 2.24) is 0 Å². The van der Waals surface area contributed by atoms with E-state index in [1.54, 1.807) is 0 Å². The molecule has 0 amide bonds. The van der Waals surface area contributed by atoms with Crippen LogP contribution in [0.3, 0.4) is 0 Å². The first kappa shape index (κ1) is 14.8. The highest BCUT2D eigenvalue weighted by atomic mass is 14.0. The van der Waals surface area contributed by atoms with Crippen LogP contribution in [0.2, 0.25) is 0 Å². The molecule has 18 heavy (non-hydrogen) atoms. The molecule has 0 fully saturated rings. The molecule has 0 unspecified atom stereocenters. The highest BCUT2D eigenvalue weighted by Gasteiger charge is 1.95. The molecule has 1 rings (SSSR count). The average molecular weight is 242 g/mol. The fourth-order valence-corrected chi connectivity index (χ4v) is 2.23. The van der Waals surface area contributed by atoms with Crippen molar-refractivity contribution in [3.63, 3.8) is 0 Å². The molecule has 1 aromatic carbocycles. The second-order valence-corrected chi connectivity index (χ2v) is 5.07. The summed E-state index contributed by atoms with van der Waals surface area (Å²) in [5, 5.41) is 0. The zero-order valence-electron chi connectivity index (χ0n) is 11.8. The van der Waals surface area contributed by atoms with Crippen molar-refractivity contribution in [3.8, 4) is 12.3 Å². The summed E-state index contributed by atoms with van der Waals surface area (Å²) in [5.41, 5.74) is 2.40. The Hall–Kier alpha value is -1.22. The van der Waals surface area contributed by atoms with Gasteiger partial charge in [-0.2, -0.15) is 0 Å². The van der Waals surface area contributed by atoms with Gasteiger partial charge in [-0.05, 0) is 30.5 Å². The molecule has 0 atom stereocenters. The van der Waals surface area contributed by atoms with Gasteiger partial charge in [-0.3, -0.25) is 0 Å². The van der Waals surface area contributed by atoms with Gasteiger partial charge in [0.1, 0.15) is 0 Å². The molecule has 0 radical (unpaired) electrons. The van der Waals surface area contributed by atoms with Crippen molar-refractivity contribution in [2.75, 3.05) is 0 Å². The summed E-state index contributed by atoms with van der Waals surface area (Å²) in [6.07, 6.45) is 17.6. The van der Waals surface area contributed by atoms with Crippen LogP contribution < -0.4 is 0 Å². The minimum atomic E-state index is 0.981. The van der Waals surface area contributed by atoms with E-state index in [0.29, 0.717) is 0 Å². The van der Waals surface area contributed by atoms with Crippen LogP contribution in [-0.4, -0.2) is 0 Å². The first-order chi connectivity index (χ1) is 8.86. The average Bonchev–Trinajstić information content (AvgIpc) is 2.42. The lowest BCUT2D eigenvalue weighted by atomic mass is 10.0. The standard InChI is InChI=1S/C18H26/c1-3-5-6-7-8-9-10-11-12-18-15-13-17(4-2)14-16-18/h2,13-16H,3,5-12H2,1H3. The van der Waals surface area contributed by atoms with E-state index in [0.717, 1.165) is 5.56 Å². The van der Waals surface area contributed by atoms with E-state index >= 15 is 0 Å². The van der Waals surface area contributed by atoms with Gasteiger partial charge in [0.15, 0.2) is 0 Å². The number of aryl methyl sites for hydroxylation is 1. The minimum absolute atomic E-state index is 0.981. The van der Waals surface area contributed by atoms with Gasteiger partial charge in [0, 0.05) is 5.56 Å². The fraction of sp³-hybridized carbons (Fsp3) is 0.556. The smallest absolute Gasteiger partial charge is 0.0242 e. The molecule has 0 saturated heterocycles. The largest absolute Gasteiger partial charge is 0.115 e. The van der Waals surface area contributed by atoms with Crippen LogP contribution in [0.5, 0.6) is 0 Å². The summed E-state index contributed by atoms with van der Waals surface area (Å²) < 4.78 is 0. The number of hydrogen-bond acceptors (Lipinski definition) is 0. The molecule has 1 aromatic rings. The Morgan fingerprint density at radius 1 is 0.833 bits per heavy atom. The Balaban J connectivity index is 2.02. The van der Waals surface area contributed by atoms with Crippen LogP contribution >= 0.6 is 0 Å².